The van der Waals surface area contributed by atoms with Gasteiger partial charge < -0.3 is 10.1 Å². The first-order valence-corrected chi connectivity index (χ1v) is 6.51. The molecule has 1 aromatic rings. The monoisotopic (exact) mass is 255 g/mol. The largest absolute Gasteiger partial charge is 0.377 e. The molecule has 0 saturated carbocycles. The van der Waals surface area contributed by atoms with Crippen molar-refractivity contribution in [3.8, 4) is 0 Å². The van der Waals surface area contributed by atoms with Gasteiger partial charge in [-0.25, -0.2) is 8.78 Å². The first-order valence-electron chi connectivity index (χ1n) is 6.51. The van der Waals surface area contributed by atoms with Gasteiger partial charge in [-0.3, -0.25) is 0 Å². The third kappa shape index (κ3) is 4.35. The Morgan fingerprint density at radius 1 is 1.17 bits per heavy atom. The zero-order valence-electron chi connectivity index (χ0n) is 10.4. The van der Waals surface area contributed by atoms with Crippen LogP contribution in [0.4, 0.5) is 8.78 Å². The number of nitrogens with one attached hydrogen (secondary N) is 1. The van der Waals surface area contributed by atoms with Gasteiger partial charge in [-0.05, 0) is 49.9 Å². The summed E-state index contributed by atoms with van der Waals surface area (Å²) in [6.45, 7) is 2.38. The quantitative estimate of drug-likeness (QED) is 0.817. The lowest BCUT2D eigenvalue weighted by molar-refractivity contribution is 0.0171. The Bertz CT molecular complexity index is 358. The average Bonchev–Trinajstić information content (AvgIpc) is 2.35. The second-order valence-corrected chi connectivity index (χ2v) is 4.72. The first kappa shape index (κ1) is 13.4. The molecule has 1 fully saturated rings. The van der Waals surface area contributed by atoms with E-state index in [1.165, 1.54) is 18.6 Å². The fourth-order valence-electron chi connectivity index (χ4n) is 2.22. The minimum Gasteiger partial charge on any atom is -0.377 e. The fraction of sp³-hybridized carbons (Fsp3) is 0.571. The Labute approximate surface area is 106 Å². The van der Waals surface area contributed by atoms with Crippen LogP contribution in [-0.2, 0) is 11.2 Å². The standard InChI is InChI=1S/C14H19F2NO/c15-12-7-11(8-13(16)9-12)4-5-17-10-14-3-1-2-6-18-14/h7-9,14,17H,1-6,10H2. The van der Waals surface area contributed by atoms with Crippen molar-refractivity contribution in [2.24, 2.45) is 0 Å². The van der Waals surface area contributed by atoms with Gasteiger partial charge in [0.2, 0.25) is 0 Å². The van der Waals surface area contributed by atoms with E-state index in [0.29, 0.717) is 24.6 Å². The minimum absolute atomic E-state index is 0.294. The lowest BCUT2D eigenvalue weighted by Gasteiger charge is -2.22. The fourth-order valence-corrected chi connectivity index (χ4v) is 2.22. The van der Waals surface area contributed by atoms with Crippen LogP contribution in [0.25, 0.3) is 0 Å². The lowest BCUT2D eigenvalue weighted by atomic mass is 10.1. The molecule has 0 amide bonds. The van der Waals surface area contributed by atoms with E-state index in [-0.39, 0.29) is 0 Å². The molecule has 1 aromatic carbocycles. The van der Waals surface area contributed by atoms with E-state index >= 15 is 0 Å². The van der Waals surface area contributed by atoms with Crippen LogP contribution >= 0.6 is 0 Å². The summed E-state index contributed by atoms with van der Waals surface area (Å²) in [7, 11) is 0. The highest BCUT2D eigenvalue weighted by Crippen LogP contribution is 2.12. The first-order chi connectivity index (χ1) is 8.74. The number of halogens is 2. The third-order valence-corrected chi connectivity index (χ3v) is 3.16. The van der Waals surface area contributed by atoms with E-state index in [4.69, 9.17) is 4.74 Å². The maximum Gasteiger partial charge on any atom is 0.126 e. The molecule has 1 saturated heterocycles. The highest BCUT2D eigenvalue weighted by molar-refractivity contribution is 5.18. The van der Waals surface area contributed by atoms with Crippen molar-refractivity contribution in [1.29, 1.82) is 0 Å². The molecular weight excluding hydrogens is 236 g/mol. The highest BCUT2D eigenvalue weighted by Gasteiger charge is 2.12. The number of rotatable bonds is 5. The van der Waals surface area contributed by atoms with Gasteiger partial charge in [-0.15, -0.1) is 0 Å². The molecule has 2 nitrogen and oxygen atoms in total. The number of benzene rings is 1. The SMILES string of the molecule is Fc1cc(F)cc(CCNCC2CCCCO2)c1. The van der Waals surface area contributed by atoms with Crippen LogP contribution in [0, 0.1) is 11.6 Å². The summed E-state index contributed by atoms with van der Waals surface area (Å²) in [5.74, 6) is -1.03. The second kappa shape index (κ2) is 6.81. The summed E-state index contributed by atoms with van der Waals surface area (Å²) in [5, 5.41) is 3.27. The zero-order valence-corrected chi connectivity index (χ0v) is 10.4. The second-order valence-electron chi connectivity index (χ2n) is 4.72. The van der Waals surface area contributed by atoms with Gasteiger partial charge in [0.25, 0.3) is 0 Å². The molecule has 1 atom stereocenters. The average molecular weight is 255 g/mol. The molecule has 0 bridgehead atoms. The third-order valence-electron chi connectivity index (χ3n) is 3.16. The molecule has 1 aliphatic heterocycles. The number of hydrogen-bond donors (Lipinski definition) is 1. The van der Waals surface area contributed by atoms with Crippen molar-refractivity contribution in [3.05, 3.63) is 35.4 Å². The van der Waals surface area contributed by atoms with E-state index in [1.807, 2.05) is 0 Å². The zero-order chi connectivity index (χ0) is 12.8. The Morgan fingerprint density at radius 3 is 2.61 bits per heavy atom. The molecule has 0 aliphatic carbocycles. The molecule has 1 heterocycles. The van der Waals surface area contributed by atoms with Crippen LogP contribution in [0.3, 0.4) is 0 Å². The van der Waals surface area contributed by atoms with E-state index in [9.17, 15) is 8.78 Å². The molecule has 1 aliphatic rings. The Hall–Kier alpha value is -1.00. The molecule has 0 aromatic heterocycles. The van der Waals surface area contributed by atoms with E-state index in [1.54, 1.807) is 0 Å². The summed E-state index contributed by atoms with van der Waals surface area (Å²) in [6.07, 6.45) is 4.40. The molecule has 0 radical (unpaired) electrons. The highest BCUT2D eigenvalue weighted by atomic mass is 19.1. The molecule has 0 spiro atoms. The molecule has 100 valence electrons. The van der Waals surface area contributed by atoms with Gasteiger partial charge in [0.15, 0.2) is 0 Å². The molecule has 1 N–H and O–H groups in total. The predicted octanol–water partition coefficient (Wildman–Crippen LogP) is 2.67. The lowest BCUT2D eigenvalue weighted by Crippen LogP contribution is -2.32. The molecule has 18 heavy (non-hydrogen) atoms. The normalized spacial score (nSPS) is 20.0. The van der Waals surface area contributed by atoms with Gasteiger partial charge in [0.1, 0.15) is 11.6 Å². The maximum absolute atomic E-state index is 12.9. The van der Waals surface area contributed by atoms with Crippen molar-refractivity contribution >= 4 is 0 Å². The molecule has 4 heteroatoms. The van der Waals surface area contributed by atoms with Crippen LogP contribution in [0.5, 0.6) is 0 Å². The van der Waals surface area contributed by atoms with Crippen LogP contribution < -0.4 is 5.32 Å². The number of hydrogen-bond acceptors (Lipinski definition) is 2. The summed E-state index contributed by atoms with van der Waals surface area (Å²) >= 11 is 0. The maximum atomic E-state index is 12.9. The Balaban J connectivity index is 1.68. The molecular formula is C14H19F2NO. The van der Waals surface area contributed by atoms with Gasteiger partial charge in [0, 0.05) is 19.2 Å². The van der Waals surface area contributed by atoms with Crippen molar-refractivity contribution in [2.45, 2.75) is 31.8 Å². The van der Waals surface area contributed by atoms with Crippen LogP contribution in [0.15, 0.2) is 18.2 Å². The number of ether oxygens (including phenoxy) is 1. The van der Waals surface area contributed by atoms with Crippen LogP contribution in [0.1, 0.15) is 24.8 Å². The summed E-state index contributed by atoms with van der Waals surface area (Å²) in [6, 6.07) is 3.65. The van der Waals surface area contributed by atoms with Gasteiger partial charge >= 0.3 is 0 Å². The topological polar surface area (TPSA) is 21.3 Å². The van der Waals surface area contributed by atoms with Gasteiger partial charge in [0.05, 0.1) is 6.10 Å². The smallest absolute Gasteiger partial charge is 0.126 e. The van der Waals surface area contributed by atoms with E-state index in [0.717, 1.165) is 32.1 Å². The summed E-state index contributed by atoms with van der Waals surface area (Å²) < 4.78 is 31.5. The summed E-state index contributed by atoms with van der Waals surface area (Å²) in [4.78, 5) is 0. The van der Waals surface area contributed by atoms with Gasteiger partial charge in [-0.2, -0.15) is 0 Å². The Morgan fingerprint density at radius 2 is 1.94 bits per heavy atom. The summed E-state index contributed by atoms with van der Waals surface area (Å²) in [5.41, 5.74) is 0.685. The van der Waals surface area contributed by atoms with E-state index in [2.05, 4.69) is 5.32 Å². The van der Waals surface area contributed by atoms with Crippen LogP contribution in [-0.4, -0.2) is 25.8 Å². The molecule has 2 rings (SSSR count). The van der Waals surface area contributed by atoms with Crippen molar-refractivity contribution in [1.82, 2.24) is 5.32 Å². The van der Waals surface area contributed by atoms with Crippen molar-refractivity contribution < 1.29 is 13.5 Å². The molecule has 1 unspecified atom stereocenters. The minimum atomic E-state index is -0.513. The van der Waals surface area contributed by atoms with Crippen molar-refractivity contribution in [2.75, 3.05) is 19.7 Å². The Kier molecular flexibility index (Phi) is 5.08. The van der Waals surface area contributed by atoms with E-state index < -0.39 is 11.6 Å². The van der Waals surface area contributed by atoms with Crippen molar-refractivity contribution in [3.63, 3.8) is 0 Å². The predicted molar refractivity (Wildman–Crippen MR) is 66.5 cm³/mol. The van der Waals surface area contributed by atoms with Crippen LogP contribution in [0.2, 0.25) is 0 Å². The van der Waals surface area contributed by atoms with Gasteiger partial charge in [-0.1, -0.05) is 0 Å².